The lowest BCUT2D eigenvalue weighted by atomic mass is 10.1. The molecule has 2 fully saturated rings. The zero-order chi connectivity index (χ0) is 24.0. The van der Waals surface area contributed by atoms with Gasteiger partial charge >= 0.3 is 0 Å². The van der Waals surface area contributed by atoms with Gasteiger partial charge in [0.2, 0.25) is 15.2 Å². The number of nitrogens with zero attached hydrogens (tertiary/aromatic N) is 3. The van der Waals surface area contributed by atoms with E-state index in [1.807, 2.05) is 25.7 Å². The van der Waals surface area contributed by atoms with Gasteiger partial charge in [-0.05, 0) is 45.7 Å². The third-order valence-corrected chi connectivity index (χ3v) is 8.20. The SMILES string of the molecule is C[C@@H]1CN(c2cc(S(=O)(=O)NC3(C)CC3)cc(Nc3nnc(C(F)F)s3)c2C=N)C[C@@H](C)N1. The summed E-state index contributed by atoms with van der Waals surface area (Å²) in [4.78, 5) is 2.08. The van der Waals surface area contributed by atoms with Gasteiger partial charge in [-0.3, -0.25) is 0 Å². The van der Waals surface area contributed by atoms with E-state index in [2.05, 4.69) is 25.6 Å². The Balaban J connectivity index is 1.79. The van der Waals surface area contributed by atoms with Gasteiger partial charge in [0.15, 0.2) is 5.01 Å². The van der Waals surface area contributed by atoms with Crippen LogP contribution in [0.25, 0.3) is 0 Å². The fraction of sp³-hybridized carbons (Fsp3) is 0.550. The quantitative estimate of drug-likeness (QED) is 0.411. The number of hydrogen-bond donors (Lipinski definition) is 4. The summed E-state index contributed by atoms with van der Waals surface area (Å²) in [6, 6.07) is 3.31. The minimum Gasteiger partial charge on any atom is -0.368 e. The van der Waals surface area contributed by atoms with Crippen molar-refractivity contribution in [1.82, 2.24) is 20.2 Å². The van der Waals surface area contributed by atoms with Crippen LogP contribution in [0, 0.1) is 5.41 Å². The number of hydrogen-bond acceptors (Lipinski definition) is 9. The highest BCUT2D eigenvalue weighted by molar-refractivity contribution is 7.89. The Bertz CT molecular complexity index is 1140. The lowest BCUT2D eigenvalue weighted by molar-refractivity contribution is 0.150. The van der Waals surface area contributed by atoms with Crippen molar-refractivity contribution in [3.05, 3.63) is 22.7 Å². The molecule has 1 aromatic carbocycles. The molecule has 2 aromatic rings. The molecule has 2 heterocycles. The molecule has 0 amide bonds. The van der Waals surface area contributed by atoms with Crippen LogP contribution in [0.5, 0.6) is 0 Å². The summed E-state index contributed by atoms with van der Waals surface area (Å²) in [5.74, 6) is 0. The number of aromatic nitrogens is 2. The van der Waals surface area contributed by atoms with Gasteiger partial charge in [0.05, 0.1) is 10.6 Å². The maximum absolute atomic E-state index is 13.2. The van der Waals surface area contributed by atoms with E-state index in [9.17, 15) is 17.2 Å². The first kappa shape index (κ1) is 23.9. The number of sulfonamides is 1. The minimum absolute atomic E-state index is 0.0381. The third-order valence-electron chi connectivity index (χ3n) is 5.73. The van der Waals surface area contributed by atoms with Crippen molar-refractivity contribution in [3.8, 4) is 0 Å². The van der Waals surface area contributed by atoms with Crippen molar-refractivity contribution in [1.29, 1.82) is 5.41 Å². The summed E-state index contributed by atoms with van der Waals surface area (Å²) in [6.45, 7) is 7.16. The van der Waals surface area contributed by atoms with Crippen molar-refractivity contribution in [2.45, 2.75) is 62.6 Å². The van der Waals surface area contributed by atoms with Gasteiger partial charge in [-0.1, -0.05) is 11.3 Å². The maximum atomic E-state index is 13.2. The minimum atomic E-state index is -3.85. The van der Waals surface area contributed by atoms with Crippen LogP contribution in [-0.2, 0) is 10.0 Å². The van der Waals surface area contributed by atoms with E-state index >= 15 is 0 Å². The molecule has 0 unspecified atom stereocenters. The average Bonchev–Trinajstić information content (AvgIpc) is 3.24. The molecule has 13 heteroatoms. The van der Waals surface area contributed by atoms with E-state index in [1.54, 1.807) is 6.07 Å². The molecule has 1 aromatic heterocycles. The Morgan fingerprint density at radius 1 is 1.27 bits per heavy atom. The van der Waals surface area contributed by atoms with E-state index in [-0.39, 0.29) is 22.1 Å². The number of benzene rings is 1. The summed E-state index contributed by atoms with van der Waals surface area (Å²) in [6.07, 6.45) is -0.0983. The van der Waals surface area contributed by atoms with Crippen molar-refractivity contribution in [2.75, 3.05) is 23.3 Å². The second-order valence-corrected chi connectivity index (χ2v) is 11.7. The Morgan fingerprint density at radius 2 is 1.94 bits per heavy atom. The molecule has 0 bridgehead atoms. The van der Waals surface area contributed by atoms with Gasteiger partial charge in [-0.25, -0.2) is 21.9 Å². The number of piperazine rings is 1. The molecule has 1 saturated carbocycles. The molecule has 180 valence electrons. The van der Waals surface area contributed by atoms with E-state index in [4.69, 9.17) is 5.41 Å². The first-order chi connectivity index (χ1) is 15.5. The molecule has 2 atom stereocenters. The lowest BCUT2D eigenvalue weighted by Gasteiger charge is -2.38. The molecule has 1 aliphatic carbocycles. The van der Waals surface area contributed by atoms with Gasteiger partial charge in [0, 0.05) is 48.2 Å². The van der Waals surface area contributed by atoms with E-state index < -0.39 is 27.0 Å². The Labute approximate surface area is 195 Å². The first-order valence-electron chi connectivity index (χ1n) is 10.6. The van der Waals surface area contributed by atoms with E-state index in [1.165, 1.54) is 6.07 Å². The van der Waals surface area contributed by atoms with E-state index in [0.29, 0.717) is 41.4 Å². The van der Waals surface area contributed by atoms with Crippen LogP contribution in [0.3, 0.4) is 0 Å². The van der Waals surface area contributed by atoms with Crippen LogP contribution in [0.2, 0.25) is 0 Å². The van der Waals surface area contributed by atoms with Crippen LogP contribution < -0.4 is 20.3 Å². The maximum Gasteiger partial charge on any atom is 0.291 e. The smallest absolute Gasteiger partial charge is 0.291 e. The zero-order valence-electron chi connectivity index (χ0n) is 18.5. The Kier molecular flexibility index (Phi) is 6.42. The molecule has 1 saturated heterocycles. The van der Waals surface area contributed by atoms with E-state index in [0.717, 1.165) is 19.1 Å². The summed E-state index contributed by atoms with van der Waals surface area (Å²) in [7, 11) is -3.85. The molecule has 0 radical (unpaired) electrons. The predicted molar refractivity (Wildman–Crippen MR) is 125 cm³/mol. The van der Waals surface area contributed by atoms with Gasteiger partial charge in [-0.15, -0.1) is 10.2 Å². The topological polar surface area (TPSA) is 123 Å². The molecular weight excluding hydrogens is 472 g/mol. The fourth-order valence-corrected chi connectivity index (χ4v) is 6.09. The number of rotatable bonds is 8. The van der Waals surface area contributed by atoms with Crippen LogP contribution >= 0.6 is 11.3 Å². The van der Waals surface area contributed by atoms with Crippen molar-refractivity contribution >= 4 is 44.1 Å². The van der Waals surface area contributed by atoms with Gasteiger partial charge < -0.3 is 20.9 Å². The average molecular weight is 500 g/mol. The van der Waals surface area contributed by atoms with Crippen LogP contribution in [0.1, 0.15) is 50.6 Å². The summed E-state index contributed by atoms with van der Waals surface area (Å²) >= 11 is 0.683. The third kappa shape index (κ3) is 5.31. The Hall–Kier alpha value is -2.22. The van der Waals surface area contributed by atoms with Crippen molar-refractivity contribution < 1.29 is 17.2 Å². The summed E-state index contributed by atoms with van der Waals surface area (Å²) in [5.41, 5.74) is 0.854. The molecular formula is C20H27F2N7O2S2. The Morgan fingerprint density at radius 3 is 2.48 bits per heavy atom. The fourth-order valence-electron chi connectivity index (χ4n) is 3.97. The standard InChI is InChI=1S/C20H27F2N7O2S2/c1-11-9-29(10-12(2)24-11)16-7-13(33(30,31)28-20(3)4-5-20)6-15(14(16)8-23)25-19-27-26-18(32-19)17(21)22/h6-8,11-12,17,23-24,28H,4-5,9-10H2,1-3H3,(H,25,27)/t11-,12-/m1/s1. The predicted octanol–water partition coefficient (Wildman–Crippen LogP) is 3.23. The number of nitrogens with one attached hydrogen (secondary N) is 4. The normalized spacial score (nSPS) is 22.4. The highest BCUT2D eigenvalue weighted by Crippen LogP contribution is 2.38. The zero-order valence-corrected chi connectivity index (χ0v) is 20.2. The van der Waals surface area contributed by atoms with Gasteiger partial charge in [0.1, 0.15) is 0 Å². The second-order valence-electron chi connectivity index (χ2n) is 8.96. The molecule has 4 rings (SSSR count). The van der Waals surface area contributed by atoms with Gasteiger partial charge in [-0.2, -0.15) is 0 Å². The summed E-state index contributed by atoms with van der Waals surface area (Å²) in [5, 5.41) is 21.3. The lowest BCUT2D eigenvalue weighted by Crippen LogP contribution is -2.54. The molecule has 1 aliphatic heterocycles. The molecule has 4 N–H and O–H groups in total. The van der Waals surface area contributed by atoms with Crippen molar-refractivity contribution in [3.63, 3.8) is 0 Å². The number of alkyl halides is 2. The highest BCUT2D eigenvalue weighted by atomic mass is 32.2. The van der Waals surface area contributed by atoms with Crippen LogP contribution in [-0.4, -0.2) is 55.5 Å². The van der Waals surface area contributed by atoms with Crippen molar-refractivity contribution in [2.24, 2.45) is 0 Å². The molecule has 9 nitrogen and oxygen atoms in total. The molecule has 0 spiro atoms. The van der Waals surface area contributed by atoms with Gasteiger partial charge in [0.25, 0.3) is 6.43 Å². The number of halogens is 2. The number of anilines is 3. The first-order valence-corrected chi connectivity index (χ1v) is 12.9. The largest absolute Gasteiger partial charge is 0.368 e. The molecule has 2 aliphatic rings. The van der Waals surface area contributed by atoms with Crippen LogP contribution in [0.15, 0.2) is 17.0 Å². The molecule has 33 heavy (non-hydrogen) atoms. The summed E-state index contributed by atoms with van der Waals surface area (Å²) < 4.78 is 55.1. The monoisotopic (exact) mass is 499 g/mol. The van der Waals surface area contributed by atoms with Crippen LogP contribution in [0.4, 0.5) is 25.3 Å². The highest BCUT2D eigenvalue weighted by Gasteiger charge is 2.41. The second kappa shape index (κ2) is 8.85.